The summed E-state index contributed by atoms with van der Waals surface area (Å²) in [6.07, 6.45) is 8.21. The molecular formula is C23H27NO5. The van der Waals surface area contributed by atoms with Gasteiger partial charge in [0.1, 0.15) is 5.75 Å². The van der Waals surface area contributed by atoms with Crippen LogP contribution in [0, 0.1) is 26.9 Å². The monoisotopic (exact) mass is 397 g/mol. The number of rotatable bonds is 3. The van der Waals surface area contributed by atoms with Crippen LogP contribution in [0.15, 0.2) is 30.4 Å². The average Bonchev–Trinajstić information content (AvgIpc) is 3.07. The van der Waals surface area contributed by atoms with Gasteiger partial charge >= 0.3 is 5.97 Å². The molecule has 2 saturated carbocycles. The van der Waals surface area contributed by atoms with Crippen LogP contribution >= 0.6 is 0 Å². The zero-order chi connectivity index (χ0) is 20.6. The molecule has 0 aromatic heterocycles. The predicted octanol–water partition coefficient (Wildman–Crippen LogP) is 4.05. The largest absolute Gasteiger partial charge is 0.497 e. The highest BCUT2D eigenvalue weighted by atomic mass is 16.6. The maximum absolute atomic E-state index is 12.1. The number of carbonyl (C=O) groups excluding carboxylic acids is 1. The van der Waals surface area contributed by atoms with Gasteiger partial charge in [0.05, 0.1) is 7.11 Å². The van der Waals surface area contributed by atoms with Crippen LogP contribution in [-0.2, 0) is 16.0 Å². The summed E-state index contributed by atoms with van der Waals surface area (Å²) in [7, 11) is 1.69. The van der Waals surface area contributed by atoms with E-state index in [4.69, 9.17) is 9.47 Å². The second kappa shape index (κ2) is 5.83. The molecular weight excluding hydrogens is 370 g/mol. The van der Waals surface area contributed by atoms with Crippen molar-refractivity contribution in [1.82, 2.24) is 0 Å². The molecule has 154 valence electrons. The second-order valence-corrected chi connectivity index (χ2v) is 9.45. The number of carbonyl (C=O) groups is 1. The van der Waals surface area contributed by atoms with Gasteiger partial charge in [-0.25, -0.2) is 0 Å². The van der Waals surface area contributed by atoms with Crippen molar-refractivity contribution in [3.63, 3.8) is 0 Å². The van der Waals surface area contributed by atoms with Crippen LogP contribution in [0.5, 0.6) is 5.75 Å². The summed E-state index contributed by atoms with van der Waals surface area (Å²) >= 11 is 0. The Morgan fingerprint density at radius 2 is 2.07 bits per heavy atom. The fourth-order valence-electron chi connectivity index (χ4n) is 7.48. The summed E-state index contributed by atoms with van der Waals surface area (Å²) in [5.74, 6) is 1.13. The molecule has 6 atom stereocenters. The fourth-order valence-corrected chi connectivity index (χ4v) is 7.48. The van der Waals surface area contributed by atoms with Crippen molar-refractivity contribution >= 4 is 5.97 Å². The number of ether oxygens (including phenoxy) is 2. The normalized spacial score (nSPS) is 41.3. The molecule has 5 rings (SSSR count). The highest BCUT2D eigenvalue weighted by Crippen LogP contribution is 2.76. The minimum absolute atomic E-state index is 0.214. The number of benzene rings is 1. The molecule has 1 aromatic rings. The summed E-state index contributed by atoms with van der Waals surface area (Å²) in [5, 5.41) is 12.1. The third kappa shape index (κ3) is 2.10. The summed E-state index contributed by atoms with van der Waals surface area (Å²) in [6, 6.07) is 5.47. The van der Waals surface area contributed by atoms with E-state index in [-0.39, 0.29) is 10.3 Å². The van der Waals surface area contributed by atoms with E-state index < -0.39 is 23.0 Å². The zero-order valence-corrected chi connectivity index (χ0v) is 17.1. The van der Waals surface area contributed by atoms with Crippen LogP contribution in [0.3, 0.4) is 0 Å². The molecule has 2 bridgehead atoms. The Bertz CT molecular complexity index is 941. The summed E-state index contributed by atoms with van der Waals surface area (Å²) < 4.78 is 11.2. The van der Waals surface area contributed by atoms with Crippen LogP contribution in [0.1, 0.15) is 56.6 Å². The molecule has 0 amide bonds. The molecule has 1 aromatic carbocycles. The number of methoxy groups -OCH3 is 1. The van der Waals surface area contributed by atoms with E-state index in [2.05, 4.69) is 25.1 Å². The number of nitrogens with zero attached hydrogens (tertiary/aromatic N) is 1. The zero-order valence-electron chi connectivity index (χ0n) is 17.1. The molecule has 0 saturated heterocycles. The Kier molecular flexibility index (Phi) is 3.75. The van der Waals surface area contributed by atoms with Gasteiger partial charge in [0, 0.05) is 29.1 Å². The number of nitro groups is 1. The van der Waals surface area contributed by atoms with Gasteiger partial charge in [-0.1, -0.05) is 19.1 Å². The minimum Gasteiger partial charge on any atom is -0.497 e. The van der Waals surface area contributed by atoms with Gasteiger partial charge in [-0.15, -0.1) is 0 Å². The quantitative estimate of drug-likeness (QED) is 0.333. The molecule has 29 heavy (non-hydrogen) atoms. The van der Waals surface area contributed by atoms with Gasteiger partial charge in [-0.3, -0.25) is 14.9 Å². The number of hydrogen-bond acceptors (Lipinski definition) is 5. The summed E-state index contributed by atoms with van der Waals surface area (Å²) in [4.78, 5) is 23.8. The minimum atomic E-state index is -1.13. The van der Waals surface area contributed by atoms with E-state index in [1.165, 1.54) is 18.1 Å². The highest BCUT2D eigenvalue weighted by Gasteiger charge is 2.80. The lowest BCUT2D eigenvalue weighted by Gasteiger charge is -2.56. The Balaban J connectivity index is 1.61. The van der Waals surface area contributed by atoms with E-state index >= 15 is 0 Å². The van der Waals surface area contributed by atoms with E-state index in [1.807, 2.05) is 12.1 Å². The number of hydrogen-bond donors (Lipinski definition) is 0. The molecule has 6 nitrogen and oxygen atoms in total. The lowest BCUT2D eigenvalue weighted by Crippen LogP contribution is -2.56. The third-order valence-corrected chi connectivity index (χ3v) is 8.69. The second-order valence-electron chi connectivity index (χ2n) is 9.45. The fraction of sp³-hybridized carbons (Fsp3) is 0.609. The summed E-state index contributed by atoms with van der Waals surface area (Å²) in [6.45, 7) is 3.48. The maximum atomic E-state index is 12.1. The van der Waals surface area contributed by atoms with Crippen LogP contribution in [-0.4, -0.2) is 29.6 Å². The molecule has 0 aliphatic heterocycles. The van der Waals surface area contributed by atoms with Crippen molar-refractivity contribution in [1.29, 1.82) is 0 Å². The van der Waals surface area contributed by atoms with Crippen molar-refractivity contribution < 1.29 is 19.2 Å². The Morgan fingerprint density at radius 1 is 1.28 bits per heavy atom. The van der Waals surface area contributed by atoms with E-state index in [0.29, 0.717) is 18.3 Å². The highest BCUT2D eigenvalue weighted by molar-refractivity contribution is 5.68. The first-order chi connectivity index (χ1) is 13.8. The maximum Gasteiger partial charge on any atom is 0.303 e. The number of aryl methyl sites for hydroxylation is 1. The molecule has 4 aliphatic rings. The van der Waals surface area contributed by atoms with Gasteiger partial charge < -0.3 is 9.47 Å². The topological polar surface area (TPSA) is 78.7 Å². The molecule has 6 heteroatoms. The summed E-state index contributed by atoms with van der Waals surface area (Å²) in [5.41, 5.74) is 0.826. The lowest BCUT2D eigenvalue weighted by molar-refractivity contribution is -0.540. The Morgan fingerprint density at radius 3 is 2.76 bits per heavy atom. The molecule has 0 unspecified atom stereocenters. The van der Waals surface area contributed by atoms with Gasteiger partial charge in [0.15, 0.2) is 0 Å². The van der Waals surface area contributed by atoms with E-state index in [0.717, 1.165) is 31.4 Å². The number of fused-ring (bicyclic) bond motifs is 3. The first kappa shape index (κ1) is 18.6. The third-order valence-electron chi connectivity index (χ3n) is 8.69. The van der Waals surface area contributed by atoms with Crippen LogP contribution in [0.4, 0.5) is 0 Å². The van der Waals surface area contributed by atoms with Gasteiger partial charge in [0.25, 0.3) is 6.04 Å². The Labute approximate surface area is 170 Å². The van der Waals surface area contributed by atoms with Gasteiger partial charge in [-0.05, 0) is 66.9 Å². The standard InChI is InChI=1S/C23H27NO5/c1-14(25)29-23-11-10-22(13-20(23)24(26)27)19-7-4-15-12-16(28-3)5-6-17(15)18(19)8-9-21(22,23)2/h5-6,10-12,18-20H,4,7-9,13H2,1-3H3/t18-,19-,20-,21+,22+,23-/m1/s1. The molecule has 0 spiro atoms. The van der Waals surface area contributed by atoms with Crippen molar-refractivity contribution in [3.8, 4) is 5.75 Å². The van der Waals surface area contributed by atoms with Crippen molar-refractivity contribution in [2.24, 2.45) is 16.7 Å². The smallest absolute Gasteiger partial charge is 0.303 e. The predicted molar refractivity (Wildman–Crippen MR) is 106 cm³/mol. The van der Waals surface area contributed by atoms with Crippen LogP contribution in [0.25, 0.3) is 0 Å². The van der Waals surface area contributed by atoms with Gasteiger partial charge in [-0.2, -0.15) is 0 Å². The number of esters is 1. The van der Waals surface area contributed by atoms with E-state index in [1.54, 1.807) is 7.11 Å². The van der Waals surface area contributed by atoms with Crippen molar-refractivity contribution in [2.45, 2.75) is 63.5 Å². The molecule has 4 aliphatic carbocycles. The first-order valence-corrected chi connectivity index (χ1v) is 10.5. The van der Waals surface area contributed by atoms with Crippen LogP contribution < -0.4 is 4.74 Å². The average molecular weight is 397 g/mol. The molecule has 0 heterocycles. The van der Waals surface area contributed by atoms with Crippen molar-refractivity contribution in [2.75, 3.05) is 7.11 Å². The van der Waals surface area contributed by atoms with Gasteiger partial charge in [0.2, 0.25) is 5.60 Å². The SMILES string of the molecule is COc1ccc2c(c1)CC[C@@H]1[C@@H]2CC[C@@]2(C)[C@]13C=C[C@@]2(OC(C)=O)[C@H]([N+](=O)[O-])C3. The molecule has 2 fully saturated rings. The lowest BCUT2D eigenvalue weighted by atomic mass is 9.48. The Hall–Kier alpha value is -2.37. The van der Waals surface area contributed by atoms with Crippen LogP contribution in [0.2, 0.25) is 0 Å². The van der Waals surface area contributed by atoms with Crippen molar-refractivity contribution in [3.05, 3.63) is 51.6 Å². The molecule has 0 N–H and O–H groups in total. The first-order valence-electron chi connectivity index (χ1n) is 10.5. The molecule has 0 radical (unpaired) electrons. The number of allylic oxidation sites excluding steroid dienone is 1. The van der Waals surface area contributed by atoms with E-state index in [9.17, 15) is 14.9 Å².